The standard InChI is InChI=1S/C19H14N2O4/c22-19-15-8-3-2-7-14(15)18(17-10-5-11-25-17)20(19)12-13-6-1-4-9-16(13)21(23)24/h1-11,18H,12H2. The summed E-state index contributed by atoms with van der Waals surface area (Å²) in [5.74, 6) is 0.479. The van der Waals surface area contributed by atoms with Crippen LogP contribution in [0.3, 0.4) is 0 Å². The molecule has 6 nitrogen and oxygen atoms in total. The van der Waals surface area contributed by atoms with Crippen LogP contribution in [0.2, 0.25) is 0 Å². The fraction of sp³-hybridized carbons (Fsp3) is 0.105. The van der Waals surface area contributed by atoms with Gasteiger partial charge in [-0.15, -0.1) is 0 Å². The van der Waals surface area contributed by atoms with E-state index in [1.165, 1.54) is 6.07 Å². The molecule has 4 rings (SSSR count). The quantitative estimate of drug-likeness (QED) is 0.535. The van der Waals surface area contributed by atoms with Crippen LogP contribution in [0.1, 0.15) is 33.3 Å². The second-order valence-corrected chi connectivity index (χ2v) is 5.82. The molecule has 0 bridgehead atoms. The molecule has 0 radical (unpaired) electrons. The number of nitro benzene ring substituents is 1. The van der Waals surface area contributed by atoms with Crippen molar-refractivity contribution in [3.63, 3.8) is 0 Å². The third-order valence-electron chi connectivity index (χ3n) is 4.40. The predicted octanol–water partition coefficient (Wildman–Crippen LogP) is 3.93. The van der Waals surface area contributed by atoms with Gasteiger partial charge in [-0.25, -0.2) is 0 Å². The number of hydrogen-bond acceptors (Lipinski definition) is 4. The van der Waals surface area contributed by atoms with E-state index in [-0.39, 0.29) is 18.1 Å². The molecule has 25 heavy (non-hydrogen) atoms. The second kappa shape index (κ2) is 5.90. The summed E-state index contributed by atoms with van der Waals surface area (Å²) in [5, 5.41) is 11.3. The second-order valence-electron chi connectivity index (χ2n) is 5.82. The van der Waals surface area contributed by atoms with Crippen LogP contribution in [-0.2, 0) is 6.54 Å². The van der Waals surface area contributed by atoms with Crippen molar-refractivity contribution in [2.24, 2.45) is 0 Å². The Balaban J connectivity index is 1.79. The van der Waals surface area contributed by atoms with Gasteiger partial charge < -0.3 is 9.32 Å². The molecule has 124 valence electrons. The number of amides is 1. The van der Waals surface area contributed by atoms with Crippen LogP contribution in [0.25, 0.3) is 0 Å². The Morgan fingerprint density at radius 3 is 2.56 bits per heavy atom. The Kier molecular flexibility index (Phi) is 3.57. The van der Waals surface area contributed by atoms with Gasteiger partial charge in [0.15, 0.2) is 0 Å². The molecule has 1 aliphatic rings. The van der Waals surface area contributed by atoms with Gasteiger partial charge in [-0.1, -0.05) is 36.4 Å². The number of furan rings is 1. The fourth-order valence-corrected chi connectivity index (χ4v) is 3.29. The smallest absolute Gasteiger partial charge is 0.274 e. The summed E-state index contributed by atoms with van der Waals surface area (Å²) in [4.78, 5) is 25.4. The SMILES string of the molecule is O=C1c2ccccc2C(c2ccco2)N1Cc1ccccc1[N+](=O)[O-]. The minimum absolute atomic E-state index is 0.00412. The normalized spacial score (nSPS) is 16.1. The van der Waals surface area contributed by atoms with E-state index in [9.17, 15) is 14.9 Å². The van der Waals surface area contributed by atoms with Crippen molar-refractivity contribution in [2.75, 3.05) is 0 Å². The summed E-state index contributed by atoms with van der Waals surface area (Å²) < 4.78 is 5.54. The molecule has 1 atom stereocenters. The van der Waals surface area contributed by atoms with Crippen LogP contribution >= 0.6 is 0 Å². The summed E-state index contributed by atoms with van der Waals surface area (Å²) in [5.41, 5.74) is 1.94. The molecular formula is C19H14N2O4. The van der Waals surface area contributed by atoms with Crippen molar-refractivity contribution in [3.05, 3.63) is 99.5 Å². The Labute approximate surface area is 143 Å². The van der Waals surface area contributed by atoms with Gasteiger partial charge in [-0.3, -0.25) is 14.9 Å². The van der Waals surface area contributed by atoms with E-state index < -0.39 is 11.0 Å². The molecule has 2 heterocycles. The Hall–Kier alpha value is -3.41. The maximum absolute atomic E-state index is 12.9. The average Bonchev–Trinajstić information content (AvgIpc) is 3.23. The van der Waals surface area contributed by atoms with Crippen molar-refractivity contribution in [3.8, 4) is 0 Å². The van der Waals surface area contributed by atoms with Gasteiger partial charge in [-0.05, 0) is 23.8 Å². The van der Waals surface area contributed by atoms with Gasteiger partial charge in [0.05, 0.1) is 17.7 Å². The maximum Gasteiger partial charge on any atom is 0.274 e. The van der Waals surface area contributed by atoms with Crippen LogP contribution in [0, 0.1) is 10.1 Å². The number of para-hydroxylation sites is 1. The molecule has 0 spiro atoms. The number of nitrogens with zero attached hydrogens (tertiary/aromatic N) is 2. The van der Waals surface area contributed by atoms with Gasteiger partial charge in [-0.2, -0.15) is 0 Å². The van der Waals surface area contributed by atoms with Crippen LogP contribution < -0.4 is 0 Å². The summed E-state index contributed by atoms with van der Waals surface area (Å²) >= 11 is 0. The number of hydrogen-bond donors (Lipinski definition) is 0. The first-order chi connectivity index (χ1) is 12.2. The highest BCUT2D eigenvalue weighted by molar-refractivity contribution is 5.99. The molecule has 3 aromatic rings. The molecule has 0 aliphatic carbocycles. The van der Waals surface area contributed by atoms with Gasteiger partial charge in [0, 0.05) is 17.2 Å². The molecule has 1 amide bonds. The van der Waals surface area contributed by atoms with Crippen molar-refractivity contribution < 1.29 is 14.1 Å². The molecule has 1 aromatic heterocycles. The lowest BCUT2D eigenvalue weighted by molar-refractivity contribution is -0.385. The number of nitro groups is 1. The third kappa shape index (κ3) is 2.48. The molecule has 1 unspecified atom stereocenters. The van der Waals surface area contributed by atoms with Gasteiger partial charge in [0.2, 0.25) is 0 Å². The number of rotatable bonds is 4. The van der Waals surface area contributed by atoms with Crippen LogP contribution in [0.5, 0.6) is 0 Å². The number of carbonyl (C=O) groups excluding carboxylic acids is 1. The lowest BCUT2D eigenvalue weighted by atomic mass is 10.0. The summed E-state index contributed by atoms with van der Waals surface area (Å²) in [6.45, 7) is 0.135. The molecular weight excluding hydrogens is 320 g/mol. The molecule has 0 N–H and O–H groups in total. The molecule has 6 heteroatoms. The molecule has 0 saturated heterocycles. The number of fused-ring (bicyclic) bond motifs is 1. The first-order valence-electron chi connectivity index (χ1n) is 7.82. The van der Waals surface area contributed by atoms with E-state index in [0.717, 1.165) is 5.56 Å². The van der Waals surface area contributed by atoms with Gasteiger partial charge >= 0.3 is 0 Å². The number of benzene rings is 2. The zero-order valence-electron chi connectivity index (χ0n) is 13.2. The monoisotopic (exact) mass is 334 g/mol. The van der Waals surface area contributed by atoms with E-state index in [1.54, 1.807) is 41.5 Å². The first-order valence-corrected chi connectivity index (χ1v) is 7.82. The lowest BCUT2D eigenvalue weighted by Crippen LogP contribution is -2.28. The highest BCUT2D eigenvalue weighted by atomic mass is 16.6. The molecule has 2 aromatic carbocycles. The Bertz CT molecular complexity index is 950. The highest BCUT2D eigenvalue weighted by Crippen LogP contribution is 2.40. The number of carbonyl (C=O) groups is 1. The zero-order valence-corrected chi connectivity index (χ0v) is 13.2. The van der Waals surface area contributed by atoms with E-state index in [4.69, 9.17) is 4.42 Å². The summed E-state index contributed by atoms with van der Waals surface area (Å²) in [6, 6.07) is 17.0. The minimum atomic E-state index is -0.426. The van der Waals surface area contributed by atoms with E-state index in [2.05, 4.69) is 0 Å². The molecule has 1 aliphatic heterocycles. The van der Waals surface area contributed by atoms with E-state index in [1.807, 2.05) is 24.3 Å². The van der Waals surface area contributed by atoms with E-state index in [0.29, 0.717) is 16.9 Å². The molecule has 0 saturated carbocycles. The van der Waals surface area contributed by atoms with Gasteiger partial charge in [0.1, 0.15) is 11.8 Å². The van der Waals surface area contributed by atoms with Crippen molar-refractivity contribution in [1.29, 1.82) is 0 Å². The van der Waals surface area contributed by atoms with Crippen LogP contribution in [0.15, 0.2) is 71.3 Å². The van der Waals surface area contributed by atoms with E-state index >= 15 is 0 Å². The van der Waals surface area contributed by atoms with Crippen LogP contribution in [0.4, 0.5) is 5.69 Å². The Morgan fingerprint density at radius 1 is 1.04 bits per heavy atom. The third-order valence-corrected chi connectivity index (χ3v) is 4.40. The average molecular weight is 334 g/mol. The Morgan fingerprint density at radius 2 is 1.80 bits per heavy atom. The summed E-state index contributed by atoms with van der Waals surface area (Å²) in [6.07, 6.45) is 1.56. The highest BCUT2D eigenvalue weighted by Gasteiger charge is 2.39. The summed E-state index contributed by atoms with van der Waals surface area (Å²) in [7, 11) is 0. The van der Waals surface area contributed by atoms with Crippen LogP contribution in [-0.4, -0.2) is 15.7 Å². The van der Waals surface area contributed by atoms with Crippen molar-refractivity contribution in [2.45, 2.75) is 12.6 Å². The topological polar surface area (TPSA) is 76.6 Å². The lowest BCUT2D eigenvalue weighted by Gasteiger charge is -2.23. The predicted molar refractivity (Wildman–Crippen MR) is 90.0 cm³/mol. The largest absolute Gasteiger partial charge is 0.467 e. The first kappa shape index (κ1) is 15.1. The fourth-order valence-electron chi connectivity index (χ4n) is 3.29. The van der Waals surface area contributed by atoms with Gasteiger partial charge in [0.25, 0.3) is 11.6 Å². The zero-order chi connectivity index (χ0) is 17.4. The maximum atomic E-state index is 12.9. The van der Waals surface area contributed by atoms with Crippen molar-refractivity contribution in [1.82, 2.24) is 4.90 Å². The molecule has 0 fully saturated rings. The minimum Gasteiger partial charge on any atom is -0.467 e. The van der Waals surface area contributed by atoms with Crippen molar-refractivity contribution >= 4 is 11.6 Å².